The summed E-state index contributed by atoms with van der Waals surface area (Å²) in [5.74, 6) is 1.01. The molecule has 1 saturated heterocycles. The van der Waals surface area contributed by atoms with Gasteiger partial charge in [-0.1, -0.05) is 0 Å². The molecule has 0 aromatic carbocycles. The fraction of sp³-hybridized carbons (Fsp3) is 0.364. The van der Waals surface area contributed by atoms with Crippen molar-refractivity contribution >= 4 is 23.6 Å². The van der Waals surface area contributed by atoms with Gasteiger partial charge in [0.2, 0.25) is 0 Å². The summed E-state index contributed by atoms with van der Waals surface area (Å²) in [6, 6.07) is 3.34. The summed E-state index contributed by atoms with van der Waals surface area (Å²) in [5.41, 5.74) is 0. The normalized spacial score (nSPS) is 22.1. The molecule has 0 spiro atoms. The van der Waals surface area contributed by atoms with Gasteiger partial charge in [-0.2, -0.15) is 0 Å². The molecule has 1 aromatic rings. The fourth-order valence-electron chi connectivity index (χ4n) is 1.90. The Balaban J connectivity index is 1.92. The van der Waals surface area contributed by atoms with Crippen LogP contribution in [0, 0.1) is 0 Å². The van der Waals surface area contributed by atoms with Crippen molar-refractivity contribution in [2.24, 2.45) is 0 Å². The number of carbonyl (C=O) groups is 2. The monoisotopic (exact) mass is 249 g/mol. The topological polar surface area (TPSA) is 80.8 Å². The molecule has 3 heterocycles. The molecule has 0 radical (unpaired) electrons. The van der Waals surface area contributed by atoms with Crippen LogP contribution in [0.15, 0.2) is 12.1 Å². The number of nitrogens with one attached hydrogen (secondary N) is 1. The van der Waals surface area contributed by atoms with Gasteiger partial charge in [-0.15, -0.1) is 0 Å². The van der Waals surface area contributed by atoms with E-state index in [0.717, 1.165) is 0 Å². The third-order valence-electron chi connectivity index (χ3n) is 2.70. The molecule has 2 aliphatic rings. The van der Waals surface area contributed by atoms with Crippen LogP contribution < -0.4 is 15.0 Å². The lowest BCUT2D eigenvalue weighted by molar-refractivity contribution is -0.118. The Kier molecular flexibility index (Phi) is 2.32. The molecule has 7 heteroatoms. The van der Waals surface area contributed by atoms with E-state index < -0.39 is 6.09 Å². The first-order valence-corrected chi connectivity index (χ1v) is 5.55. The summed E-state index contributed by atoms with van der Waals surface area (Å²) in [7, 11) is 0. The molecule has 7 nitrogen and oxygen atoms in total. The molecule has 1 fully saturated rings. The van der Waals surface area contributed by atoms with E-state index in [0.29, 0.717) is 23.9 Å². The number of ether oxygens (including phenoxy) is 2. The predicted molar refractivity (Wildman–Crippen MR) is 61.7 cm³/mol. The molecule has 1 aromatic heterocycles. The van der Waals surface area contributed by atoms with E-state index >= 15 is 0 Å². The maximum Gasteiger partial charge on any atom is 0.415 e. The maximum absolute atomic E-state index is 11.6. The summed E-state index contributed by atoms with van der Waals surface area (Å²) < 4.78 is 10.2. The van der Waals surface area contributed by atoms with Gasteiger partial charge in [-0.05, 0) is 19.1 Å². The highest BCUT2D eigenvalue weighted by Gasteiger charge is 2.31. The average Bonchev–Trinajstić information content (AvgIpc) is 2.67. The van der Waals surface area contributed by atoms with Crippen molar-refractivity contribution in [1.29, 1.82) is 0 Å². The van der Waals surface area contributed by atoms with Crippen molar-refractivity contribution in [2.45, 2.75) is 13.0 Å². The van der Waals surface area contributed by atoms with Crippen molar-refractivity contribution in [2.75, 3.05) is 23.4 Å². The van der Waals surface area contributed by atoms with E-state index in [1.165, 1.54) is 4.90 Å². The number of amides is 2. The fourth-order valence-corrected chi connectivity index (χ4v) is 1.90. The zero-order chi connectivity index (χ0) is 12.7. The van der Waals surface area contributed by atoms with Crippen molar-refractivity contribution in [3.63, 3.8) is 0 Å². The van der Waals surface area contributed by atoms with Crippen LogP contribution in [-0.4, -0.2) is 36.2 Å². The number of hydrogen-bond acceptors (Lipinski definition) is 5. The number of hydrogen-bond donors (Lipinski definition) is 1. The number of cyclic esters (lactones) is 1. The minimum atomic E-state index is -0.432. The van der Waals surface area contributed by atoms with E-state index in [-0.39, 0.29) is 18.6 Å². The Morgan fingerprint density at radius 3 is 3.00 bits per heavy atom. The number of pyridine rings is 1. The third kappa shape index (κ3) is 1.73. The number of anilines is 2. The van der Waals surface area contributed by atoms with Crippen LogP contribution in [0.3, 0.4) is 0 Å². The van der Waals surface area contributed by atoms with E-state index in [2.05, 4.69) is 10.3 Å². The Hall–Kier alpha value is -2.31. The molecule has 18 heavy (non-hydrogen) atoms. The Morgan fingerprint density at radius 2 is 2.28 bits per heavy atom. The lowest BCUT2D eigenvalue weighted by Gasteiger charge is -2.19. The Morgan fingerprint density at radius 1 is 1.44 bits per heavy atom. The molecular formula is C11H11N3O4. The summed E-state index contributed by atoms with van der Waals surface area (Å²) in [6.07, 6.45) is -0.598. The van der Waals surface area contributed by atoms with E-state index in [4.69, 9.17) is 9.47 Å². The average molecular weight is 249 g/mol. The summed E-state index contributed by atoms with van der Waals surface area (Å²) in [5, 5.41) is 2.60. The molecule has 0 aliphatic carbocycles. The van der Waals surface area contributed by atoms with Gasteiger partial charge >= 0.3 is 6.09 Å². The molecule has 1 unspecified atom stereocenters. The van der Waals surface area contributed by atoms with Crippen LogP contribution in [0.2, 0.25) is 0 Å². The van der Waals surface area contributed by atoms with Crippen molar-refractivity contribution < 1.29 is 19.1 Å². The van der Waals surface area contributed by atoms with Crippen LogP contribution in [0.25, 0.3) is 0 Å². The second-order valence-corrected chi connectivity index (χ2v) is 4.16. The Bertz CT molecular complexity index is 531. The molecule has 94 valence electrons. The molecule has 1 atom stereocenters. The summed E-state index contributed by atoms with van der Waals surface area (Å²) in [6.45, 7) is 2.23. The number of fused-ring (bicyclic) bond motifs is 1. The van der Waals surface area contributed by atoms with Gasteiger partial charge in [0.25, 0.3) is 5.91 Å². The first kappa shape index (κ1) is 10.8. The number of nitrogens with zero attached hydrogens (tertiary/aromatic N) is 2. The Labute approximate surface area is 103 Å². The first-order chi connectivity index (χ1) is 8.63. The van der Waals surface area contributed by atoms with Crippen LogP contribution >= 0.6 is 0 Å². The lowest BCUT2D eigenvalue weighted by atomic mass is 10.3. The quantitative estimate of drug-likeness (QED) is 0.794. The van der Waals surface area contributed by atoms with Crippen LogP contribution in [0.4, 0.5) is 16.4 Å². The smallest absolute Gasteiger partial charge is 0.415 e. The van der Waals surface area contributed by atoms with Gasteiger partial charge < -0.3 is 14.8 Å². The standard InChI is InChI=1S/C11H11N3O4/c1-6-4-14(11(16)18-6)8-3-2-7-10(12-8)13-9(15)5-17-7/h2-3,6H,4-5H2,1H3,(H,12,13,15). The van der Waals surface area contributed by atoms with Crippen molar-refractivity contribution in [3.05, 3.63) is 12.1 Å². The largest absolute Gasteiger partial charge is 0.480 e. The van der Waals surface area contributed by atoms with Gasteiger partial charge in [0.05, 0.1) is 6.54 Å². The molecular weight excluding hydrogens is 238 g/mol. The molecule has 0 saturated carbocycles. The maximum atomic E-state index is 11.6. The van der Waals surface area contributed by atoms with E-state index in [9.17, 15) is 9.59 Å². The predicted octanol–water partition coefficient (Wildman–Crippen LogP) is 0.758. The van der Waals surface area contributed by atoms with Gasteiger partial charge in [0, 0.05) is 0 Å². The van der Waals surface area contributed by atoms with Crippen LogP contribution in [0.5, 0.6) is 5.75 Å². The van der Waals surface area contributed by atoms with Gasteiger partial charge in [0.1, 0.15) is 11.9 Å². The molecule has 1 N–H and O–H groups in total. The summed E-state index contributed by atoms with van der Waals surface area (Å²) >= 11 is 0. The SMILES string of the molecule is CC1CN(c2ccc3c(n2)NC(=O)CO3)C(=O)O1. The van der Waals surface area contributed by atoms with E-state index in [1.807, 2.05) is 0 Å². The highest BCUT2D eigenvalue weighted by Crippen LogP contribution is 2.29. The molecule has 2 amide bonds. The minimum absolute atomic E-state index is 0.0170. The highest BCUT2D eigenvalue weighted by atomic mass is 16.6. The summed E-state index contributed by atoms with van der Waals surface area (Å²) in [4.78, 5) is 28.4. The number of carbonyl (C=O) groups excluding carboxylic acids is 2. The van der Waals surface area contributed by atoms with Crippen molar-refractivity contribution in [3.8, 4) is 5.75 Å². The zero-order valence-electron chi connectivity index (χ0n) is 9.67. The van der Waals surface area contributed by atoms with Crippen LogP contribution in [-0.2, 0) is 9.53 Å². The minimum Gasteiger partial charge on any atom is -0.480 e. The molecule has 0 bridgehead atoms. The number of aromatic nitrogens is 1. The zero-order valence-corrected chi connectivity index (χ0v) is 9.67. The first-order valence-electron chi connectivity index (χ1n) is 5.55. The highest BCUT2D eigenvalue weighted by molar-refractivity contribution is 5.95. The second kappa shape index (κ2) is 3.86. The van der Waals surface area contributed by atoms with Crippen LogP contribution in [0.1, 0.15) is 6.92 Å². The second-order valence-electron chi connectivity index (χ2n) is 4.16. The van der Waals surface area contributed by atoms with Crippen molar-refractivity contribution in [1.82, 2.24) is 4.98 Å². The van der Waals surface area contributed by atoms with Gasteiger partial charge in [-0.25, -0.2) is 9.78 Å². The number of rotatable bonds is 1. The molecule has 3 rings (SSSR count). The van der Waals surface area contributed by atoms with E-state index in [1.54, 1.807) is 19.1 Å². The van der Waals surface area contributed by atoms with Gasteiger partial charge in [0.15, 0.2) is 18.2 Å². The van der Waals surface area contributed by atoms with Gasteiger partial charge in [-0.3, -0.25) is 9.69 Å². The lowest BCUT2D eigenvalue weighted by Crippen LogP contribution is -2.29. The molecule has 2 aliphatic heterocycles. The third-order valence-corrected chi connectivity index (χ3v) is 2.70.